The van der Waals surface area contributed by atoms with Gasteiger partial charge in [0.1, 0.15) is 6.61 Å². The maximum atomic E-state index is 12.8. The number of allylic oxidation sites excluding steroid dienone is 8. The van der Waals surface area contributed by atoms with E-state index in [0.29, 0.717) is 19.3 Å². The second-order valence-corrected chi connectivity index (χ2v) is 18.4. The van der Waals surface area contributed by atoms with E-state index in [2.05, 4.69) is 62.5 Å². The number of carboxylic acids is 1. The lowest BCUT2D eigenvalue weighted by molar-refractivity contribution is -0.887. The number of carbonyl (C=O) groups excluding carboxylic acids is 2. The van der Waals surface area contributed by atoms with Crippen LogP contribution in [0.2, 0.25) is 0 Å². The van der Waals surface area contributed by atoms with Crippen molar-refractivity contribution in [1.82, 2.24) is 0 Å². The van der Waals surface area contributed by atoms with E-state index in [4.69, 9.17) is 14.2 Å². The molecular weight excluding hydrogens is 775 g/mol. The van der Waals surface area contributed by atoms with Crippen LogP contribution in [-0.2, 0) is 28.6 Å². The zero-order valence-corrected chi connectivity index (χ0v) is 41.1. The summed E-state index contributed by atoms with van der Waals surface area (Å²) in [6.45, 7) is 4.63. The summed E-state index contributed by atoms with van der Waals surface area (Å²) in [5.41, 5.74) is 0. The molecule has 0 spiro atoms. The summed E-state index contributed by atoms with van der Waals surface area (Å²) in [5.74, 6) is -1.48. The van der Waals surface area contributed by atoms with Gasteiger partial charge >= 0.3 is 17.9 Å². The first kappa shape index (κ1) is 59.3. The molecule has 0 fully saturated rings. The number of aliphatic carboxylic acids is 1. The van der Waals surface area contributed by atoms with Crippen LogP contribution in [0.1, 0.15) is 226 Å². The number of unbranched alkanes of at least 4 members (excludes halogenated alkanes) is 24. The lowest BCUT2D eigenvalue weighted by atomic mass is 10.0. The Bertz CT molecular complexity index is 1150. The quantitative estimate of drug-likeness (QED) is 0.0281. The SMILES string of the molecule is CC/C=C/C/C=C/C/C=C/CCCCCCCCC(=O)OCC(COCCC(C(=O)O)[N+](C)(C)C)OC(=O)CCCCCCCCC/C=C/CCCCCCCCCCCCC. The van der Waals surface area contributed by atoms with Crippen LogP contribution >= 0.6 is 0 Å². The highest BCUT2D eigenvalue weighted by Gasteiger charge is 2.31. The topological polar surface area (TPSA) is 99.1 Å². The van der Waals surface area contributed by atoms with Gasteiger partial charge in [-0.25, -0.2) is 4.79 Å². The van der Waals surface area contributed by atoms with Gasteiger partial charge in [0.05, 0.1) is 34.4 Å². The molecule has 62 heavy (non-hydrogen) atoms. The summed E-state index contributed by atoms with van der Waals surface area (Å²) in [6, 6.07) is -0.619. The molecule has 0 aromatic carbocycles. The fourth-order valence-corrected chi connectivity index (χ4v) is 7.51. The number of quaternary nitrogens is 1. The molecule has 0 aromatic heterocycles. The van der Waals surface area contributed by atoms with E-state index in [-0.39, 0.29) is 36.2 Å². The molecule has 8 heteroatoms. The highest BCUT2D eigenvalue weighted by molar-refractivity contribution is 5.72. The lowest BCUT2D eigenvalue weighted by Gasteiger charge is -2.31. The number of nitrogens with zero attached hydrogens (tertiary/aromatic N) is 1. The highest BCUT2D eigenvalue weighted by Crippen LogP contribution is 2.15. The second-order valence-electron chi connectivity index (χ2n) is 18.4. The van der Waals surface area contributed by atoms with Crippen LogP contribution in [0.3, 0.4) is 0 Å². The number of ether oxygens (including phenoxy) is 3. The third kappa shape index (κ3) is 42.6. The Balaban J connectivity index is 4.24. The number of carbonyl (C=O) groups is 3. The van der Waals surface area contributed by atoms with Crippen molar-refractivity contribution in [3.63, 3.8) is 0 Å². The molecule has 0 aliphatic rings. The number of likely N-dealkylation sites (N-methyl/N-ethyl adjacent to an activating group) is 1. The first-order valence-corrected chi connectivity index (χ1v) is 25.7. The van der Waals surface area contributed by atoms with Crippen molar-refractivity contribution < 1.29 is 38.2 Å². The third-order valence-electron chi connectivity index (χ3n) is 11.5. The minimum atomic E-state index is -0.877. The van der Waals surface area contributed by atoms with Gasteiger partial charge in [-0.2, -0.15) is 0 Å². The molecule has 0 aliphatic heterocycles. The van der Waals surface area contributed by atoms with Crippen LogP contribution in [0.15, 0.2) is 48.6 Å². The zero-order chi connectivity index (χ0) is 45.6. The van der Waals surface area contributed by atoms with Crippen LogP contribution < -0.4 is 0 Å². The Morgan fingerprint density at radius 3 is 1.35 bits per heavy atom. The minimum absolute atomic E-state index is 0.0551. The molecule has 0 saturated heterocycles. The summed E-state index contributed by atoms with van der Waals surface area (Å²) < 4.78 is 17.3. The highest BCUT2D eigenvalue weighted by atomic mass is 16.6. The van der Waals surface area contributed by atoms with Gasteiger partial charge in [-0.3, -0.25) is 9.59 Å². The third-order valence-corrected chi connectivity index (χ3v) is 11.5. The van der Waals surface area contributed by atoms with Crippen molar-refractivity contribution >= 4 is 17.9 Å². The fourth-order valence-electron chi connectivity index (χ4n) is 7.51. The molecule has 0 radical (unpaired) electrons. The zero-order valence-electron chi connectivity index (χ0n) is 41.1. The molecule has 0 saturated carbocycles. The van der Waals surface area contributed by atoms with E-state index < -0.39 is 18.1 Å². The maximum absolute atomic E-state index is 12.8. The number of hydrogen-bond acceptors (Lipinski definition) is 6. The Hall–Kier alpha value is -2.71. The molecule has 0 aliphatic carbocycles. The smallest absolute Gasteiger partial charge is 0.362 e. The summed E-state index contributed by atoms with van der Waals surface area (Å²) in [7, 11) is 5.53. The van der Waals surface area contributed by atoms with Crippen molar-refractivity contribution in [3.8, 4) is 0 Å². The standard InChI is InChI=1S/C54H97NO7/c1-6-8-10-12-14-16-18-20-22-24-25-26-27-28-29-31-33-35-37-39-41-43-45-53(57)62-50(48-60-47-46-51(54(58)59)55(3,4)5)49-61-52(56)44-42-40-38-36-34-32-30-23-21-19-17-15-13-11-9-7-2/h9,11,15,17,21,23,27-28,50-51H,6-8,10,12-14,16,18-20,22,24-26,29-49H2,1-5H3/p+1/b11-9+,17-15+,23-21+,28-27+. The second kappa shape index (κ2) is 44.9. The predicted molar refractivity (Wildman–Crippen MR) is 261 cm³/mol. The van der Waals surface area contributed by atoms with Gasteiger partial charge in [0.15, 0.2) is 12.1 Å². The Labute approximate surface area is 382 Å². The molecular formula is C54H98NO7+. The summed E-state index contributed by atoms with van der Waals surface area (Å²) in [5, 5.41) is 9.65. The predicted octanol–water partition coefficient (Wildman–Crippen LogP) is 14.8. The lowest BCUT2D eigenvalue weighted by Crippen LogP contribution is -2.50. The Morgan fingerprint density at radius 2 is 0.903 bits per heavy atom. The van der Waals surface area contributed by atoms with E-state index in [0.717, 1.165) is 70.6 Å². The normalized spacial score (nSPS) is 13.2. The minimum Gasteiger partial charge on any atom is -0.477 e. The van der Waals surface area contributed by atoms with E-state index >= 15 is 0 Å². The number of hydrogen-bond donors (Lipinski definition) is 1. The van der Waals surface area contributed by atoms with E-state index in [9.17, 15) is 19.5 Å². The molecule has 1 N–H and O–H groups in total. The number of carboxylic acid groups (broad SMARTS) is 1. The molecule has 360 valence electrons. The van der Waals surface area contributed by atoms with Crippen LogP contribution in [0.5, 0.6) is 0 Å². The van der Waals surface area contributed by atoms with Crippen molar-refractivity contribution in [1.29, 1.82) is 0 Å². The van der Waals surface area contributed by atoms with Gasteiger partial charge in [0, 0.05) is 19.3 Å². The van der Waals surface area contributed by atoms with Crippen molar-refractivity contribution in [2.75, 3.05) is 41.0 Å². The fraction of sp³-hybridized carbons (Fsp3) is 0.796. The summed E-state index contributed by atoms with van der Waals surface area (Å²) in [6.07, 6.45) is 54.5. The molecule has 0 bridgehead atoms. The van der Waals surface area contributed by atoms with Gasteiger partial charge < -0.3 is 23.8 Å². The molecule has 0 heterocycles. The summed E-state index contributed by atoms with van der Waals surface area (Å²) >= 11 is 0. The maximum Gasteiger partial charge on any atom is 0.362 e. The summed E-state index contributed by atoms with van der Waals surface area (Å²) in [4.78, 5) is 37.1. The van der Waals surface area contributed by atoms with Gasteiger partial charge in [0.2, 0.25) is 0 Å². The molecule has 8 nitrogen and oxygen atoms in total. The van der Waals surface area contributed by atoms with Crippen LogP contribution in [0, 0.1) is 0 Å². The number of rotatable bonds is 46. The molecule has 0 amide bonds. The molecule has 0 aromatic rings. The van der Waals surface area contributed by atoms with E-state index in [1.807, 2.05) is 21.1 Å². The average molecular weight is 873 g/mol. The molecule has 2 atom stereocenters. The Kier molecular flexibility index (Phi) is 42.9. The van der Waals surface area contributed by atoms with Crippen LogP contribution in [0.25, 0.3) is 0 Å². The Morgan fingerprint density at radius 1 is 0.500 bits per heavy atom. The van der Waals surface area contributed by atoms with Crippen molar-refractivity contribution in [2.24, 2.45) is 0 Å². The van der Waals surface area contributed by atoms with Gasteiger partial charge in [-0.05, 0) is 70.6 Å². The first-order chi connectivity index (χ1) is 30.1. The molecule has 0 rings (SSSR count). The van der Waals surface area contributed by atoms with Gasteiger partial charge in [-0.15, -0.1) is 0 Å². The van der Waals surface area contributed by atoms with E-state index in [1.165, 1.54) is 122 Å². The first-order valence-electron chi connectivity index (χ1n) is 25.7. The van der Waals surface area contributed by atoms with Crippen molar-refractivity contribution in [2.45, 2.75) is 238 Å². The van der Waals surface area contributed by atoms with E-state index in [1.54, 1.807) is 0 Å². The largest absolute Gasteiger partial charge is 0.477 e. The van der Waals surface area contributed by atoms with Crippen LogP contribution in [-0.4, -0.2) is 80.6 Å². The van der Waals surface area contributed by atoms with Crippen LogP contribution in [0.4, 0.5) is 0 Å². The van der Waals surface area contributed by atoms with Crippen molar-refractivity contribution in [3.05, 3.63) is 48.6 Å². The number of esters is 2. The monoisotopic (exact) mass is 873 g/mol. The van der Waals surface area contributed by atoms with Gasteiger partial charge in [0.25, 0.3) is 0 Å². The molecule has 2 unspecified atom stereocenters. The average Bonchev–Trinajstić information content (AvgIpc) is 3.23. The van der Waals surface area contributed by atoms with Gasteiger partial charge in [-0.1, -0.05) is 184 Å².